The zero-order valence-electron chi connectivity index (χ0n) is 12.6. The summed E-state index contributed by atoms with van der Waals surface area (Å²) in [5.74, 6) is 0. The number of hydrogen-bond acceptors (Lipinski definition) is 4. The van der Waals surface area contributed by atoms with Crippen LogP contribution in [0.25, 0.3) is 0 Å². The minimum absolute atomic E-state index is 0.626. The van der Waals surface area contributed by atoms with Crippen LogP contribution in [0.3, 0.4) is 0 Å². The van der Waals surface area contributed by atoms with Gasteiger partial charge in [-0.3, -0.25) is 4.90 Å². The lowest BCUT2D eigenvalue weighted by molar-refractivity contribution is 0.0765. The molecule has 1 aliphatic heterocycles. The summed E-state index contributed by atoms with van der Waals surface area (Å²) in [6.45, 7) is 10.9. The Balaban J connectivity index is 2.17. The zero-order valence-corrected chi connectivity index (χ0v) is 12.6. The van der Waals surface area contributed by atoms with Crippen molar-refractivity contribution in [3.63, 3.8) is 0 Å². The largest absolute Gasteiger partial charge is 0.381 e. The van der Waals surface area contributed by atoms with Gasteiger partial charge in [-0.15, -0.1) is 0 Å². The van der Waals surface area contributed by atoms with Crippen LogP contribution >= 0.6 is 0 Å². The highest BCUT2D eigenvalue weighted by Gasteiger charge is 2.15. The molecular formula is C14H31N3O. The van der Waals surface area contributed by atoms with Crippen LogP contribution in [0.1, 0.15) is 26.7 Å². The number of nitrogens with zero attached hydrogens (tertiary/aromatic N) is 2. The van der Waals surface area contributed by atoms with Crippen LogP contribution in [0.2, 0.25) is 0 Å². The van der Waals surface area contributed by atoms with E-state index in [1.165, 1.54) is 12.8 Å². The molecule has 0 aliphatic carbocycles. The SMILES string of the molecule is CCN(CCNC1CCOCC1)C(C)CN(C)C. The van der Waals surface area contributed by atoms with Crippen LogP contribution in [0.5, 0.6) is 0 Å². The molecule has 18 heavy (non-hydrogen) atoms. The molecular weight excluding hydrogens is 226 g/mol. The summed E-state index contributed by atoms with van der Waals surface area (Å²) in [4.78, 5) is 4.81. The lowest BCUT2D eigenvalue weighted by Gasteiger charge is -2.31. The second kappa shape index (κ2) is 8.86. The van der Waals surface area contributed by atoms with Gasteiger partial charge in [-0.1, -0.05) is 6.92 Å². The van der Waals surface area contributed by atoms with Gasteiger partial charge in [0.1, 0.15) is 0 Å². The Labute approximate surface area is 113 Å². The van der Waals surface area contributed by atoms with E-state index in [1.54, 1.807) is 0 Å². The van der Waals surface area contributed by atoms with Crippen molar-refractivity contribution in [1.82, 2.24) is 15.1 Å². The van der Waals surface area contributed by atoms with E-state index in [-0.39, 0.29) is 0 Å². The number of ether oxygens (including phenoxy) is 1. The Morgan fingerprint density at radius 1 is 1.28 bits per heavy atom. The Morgan fingerprint density at radius 2 is 1.94 bits per heavy atom. The molecule has 4 heteroatoms. The minimum Gasteiger partial charge on any atom is -0.381 e. The maximum Gasteiger partial charge on any atom is 0.0480 e. The van der Waals surface area contributed by atoms with Crippen LogP contribution in [-0.4, -0.2) is 75.4 Å². The standard InChI is InChI=1S/C14H31N3O/c1-5-17(13(2)12-16(3)4)9-8-15-14-6-10-18-11-7-14/h13-15H,5-12H2,1-4H3. The van der Waals surface area contributed by atoms with E-state index < -0.39 is 0 Å². The van der Waals surface area contributed by atoms with E-state index in [9.17, 15) is 0 Å². The smallest absolute Gasteiger partial charge is 0.0480 e. The van der Waals surface area contributed by atoms with Gasteiger partial charge in [0.15, 0.2) is 0 Å². The highest BCUT2D eigenvalue weighted by atomic mass is 16.5. The molecule has 1 rings (SSSR count). The maximum absolute atomic E-state index is 5.37. The van der Waals surface area contributed by atoms with Gasteiger partial charge in [0.05, 0.1) is 0 Å². The first-order chi connectivity index (χ1) is 8.63. The fourth-order valence-corrected chi connectivity index (χ4v) is 2.65. The van der Waals surface area contributed by atoms with Crippen molar-refractivity contribution in [3.8, 4) is 0 Å². The van der Waals surface area contributed by atoms with E-state index >= 15 is 0 Å². The topological polar surface area (TPSA) is 27.7 Å². The van der Waals surface area contributed by atoms with Crippen LogP contribution in [0, 0.1) is 0 Å². The summed E-state index contributed by atoms with van der Waals surface area (Å²) >= 11 is 0. The first kappa shape index (κ1) is 15.9. The Bertz CT molecular complexity index is 205. The van der Waals surface area contributed by atoms with Gasteiger partial charge >= 0.3 is 0 Å². The van der Waals surface area contributed by atoms with E-state index in [0.717, 1.165) is 39.4 Å². The van der Waals surface area contributed by atoms with Crippen LogP contribution in [-0.2, 0) is 4.74 Å². The number of rotatable bonds is 8. The summed E-state index contributed by atoms with van der Waals surface area (Å²) in [5, 5.41) is 3.66. The lowest BCUT2D eigenvalue weighted by Crippen LogP contribution is -2.45. The summed E-state index contributed by atoms with van der Waals surface area (Å²) in [7, 11) is 4.29. The molecule has 0 aromatic heterocycles. The highest BCUT2D eigenvalue weighted by Crippen LogP contribution is 2.06. The molecule has 0 aromatic rings. The van der Waals surface area contributed by atoms with Crippen molar-refractivity contribution < 1.29 is 4.74 Å². The summed E-state index contributed by atoms with van der Waals surface area (Å²) < 4.78 is 5.37. The molecule has 0 saturated carbocycles. The Hall–Kier alpha value is -0.160. The maximum atomic E-state index is 5.37. The number of hydrogen-bond donors (Lipinski definition) is 1. The molecule has 1 aliphatic rings. The molecule has 0 amide bonds. The van der Waals surface area contributed by atoms with Gasteiger partial charge in [-0.25, -0.2) is 0 Å². The summed E-state index contributed by atoms with van der Waals surface area (Å²) in [6.07, 6.45) is 2.33. The molecule has 108 valence electrons. The van der Waals surface area contributed by atoms with Crippen LogP contribution in [0.4, 0.5) is 0 Å². The molecule has 0 aromatic carbocycles. The van der Waals surface area contributed by atoms with Gasteiger partial charge in [0.25, 0.3) is 0 Å². The van der Waals surface area contributed by atoms with Crippen molar-refractivity contribution in [3.05, 3.63) is 0 Å². The average Bonchev–Trinajstić information content (AvgIpc) is 2.35. The minimum atomic E-state index is 0.626. The summed E-state index contributed by atoms with van der Waals surface area (Å²) in [6, 6.07) is 1.29. The van der Waals surface area contributed by atoms with Crippen molar-refractivity contribution in [2.75, 3.05) is 53.5 Å². The molecule has 1 saturated heterocycles. The third-order valence-corrected chi connectivity index (χ3v) is 3.71. The van der Waals surface area contributed by atoms with Crippen molar-refractivity contribution in [2.24, 2.45) is 0 Å². The first-order valence-corrected chi connectivity index (χ1v) is 7.33. The zero-order chi connectivity index (χ0) is 13.4. The molecule has 1 atom stereocenters. The predicted octanol–water partition coefficient (Wildman–Crippen LogP) is 1.03. The molecule has 4 nitrogen and oxygen atoms in total. The normalized spacial score (nSPS) is 19.7. The number of likely N-dealkylation sites (N-methyl/N-ethyl adjacent to an activating group) is 2. The molecule has 1 unspecified atom stereocenters. The quantitative estimate of drug-likeness (QED) is 0.703. The third-order valence-electron chi connectivity index (χ3n) is 3.71. The van der Waals surface area contributed by atoms with Gasteiger partial charge in [0, 0.05) is 44.9 Å². The van der Waals surface area contributed by atoms with Crippen LogP contribution < -0.4 is 5.32 Å². The predicted molar refractivity (Wildman–Crippen MR) is 77.1 cm³/mol. The van der Waals surface area contributed by atoms with Gasteiger partial charge < -0.3 is 15.0 Å². The molecule has 1 heterocycles. The second-order valence-corrected chi connectivity index (χ2v) is 5.58. The first-order valence-electron chi connectivity index (χ1n) is 7.33. The van der Waals surface area contributed by atoms with Crippen molar-refractivity contribution >= 4 is 0 Å². The van der Waals surface area contributed by atoms with Crippen molar-refractivity contribution in [2.45, 2.75) is 38.8 Å². The van der Waals surface area contributed by atoms with Crippen molar-refractivity contribution in [1.29, 1.82) is 0 Å². The third kappa shape index (κ3) is 6.14. The fourth-order valence-electron chi connectivity index (χ4n) is 2.65. The molecule has 0 bridgehead atoms. The lowest BCUT2D eigenvalue weighted by atomic mass is 10.1. The second-order valence-electron chi connectivity index (χ2n) is 5.58. The van der Waals surface area contributed by atoms with Crippen LogP contribution in [0.15, 0.2) is 0 Å². The van der Waals surface area contributed by atoms with E-state index in [0.29, 0.717) is 12.1 Å². The fraction of sp³-hybridized carbons (Fsp3) is 1.00. The van der Waals surface area contributed by atoms with Gasteiger partial charge in [0.2, 0.25) is 0 Å². The Morgan fingerprint density at radius 3 is 2.50 bits per heavy atom. The molecule has 1 N–H and O–H groups in total. The van der Waals surface area contributed by atoms with E-state index in [1.807, 2.05) is 0 Å². The highest BCUT2D eigenvalue weighted by molar-refractivity contribution is 4.73. The molecule has 0 spiro atoms. The molecule has 0 radical (unpaired) electrons. The van der Waals surface area contributed by atoms with E-state index in [4.69, 9.17) is 4.74 Å². The average molecular weight is 257 g/mol. The number of nitrogens with one attached hydrogen (secondary N) is 1. The Kier molecular flexibility index (Phi) is 7.82. The van der Waals surface area contributed by atoms with Gasteiger partial charge in [-0.05, 0) is 40.4 Å². The monoisotopic (exact) mass is 257 g/mol. The molecule has 1 fully saturated rings. The van der Waals surface area contributed by atoms with Gasteiger partial charge in [-0.2, -0.15) is 0 Å². The summed E-state index contributed by atoms with van der Waals surface area (Å²) in [5.41, 5.74) is 0. The van der Waals surface area contributed by atoms with E-state index in [2.05, 4.69) is 43.1 Å².